The van der Waals surface area contributed by atoms with Crippen molar-refractivity contribution >= 4 is 21.6 Å². The summed E-state index contributed by atoms with van der Waals surface area (Å²) in [7, 11) is 1.93. The smallest absolute Gasteiger partial charge is 0.0378 e. The van der Waals surface area contributed by atoms with E-state index in [0.717, 1.165) is 4.47 Å². The number of hydrogen-bond donors (Lipinski definition) is 1. The van der Waals surface area contributed by atoms with E-state index in [-0.39, 0.29) is 0 Å². The summed E-state index contributed by atoms with van der Waals surface area (Å²) >= 11 is 3.48. The van der Waals surface area contributed by atoms with Crippen LogP contribution < -0.4 is 5.32 Å². The number of aryl methyl sites for hydroxylation is 2. The first-order valence-electron chi connectivity index (χ1n) is 3.59. The number of anilines is 1. The van der Waals surface area contributed by atoms with Gasteiger partial charge in [-0.2, -0.15) is 0 Å². The lowest BCUT2D eigenvalue weighted by atomic mass is 10.1. The summed E-state index contributed by atoms with van der Waals surface area (Å²) in [5.41, 5.74) is 3.75. The molecule has 1 aromatic carbocycles. The van der Waals surface area contributed by atoms with Gasteiger partial charge >= 0.3 is 0 Å². The van der Waals surface area contributed by atoms with Crippen LogP contribution in [0, 0.1) is 13.8 Å². The normalized spacial score (nSPS) is 9.82. The Morgan fingerprint density at radius 2 is 1.82 bits per heavy atom. The lowest BCUT2D eigenvalue weighted by Crippen LogP contribution is -1.92. The zero-order chi connectivity index (χ0) is 8.43. The second-order valence-corrected chi connectivity index (χ2v) is 3.52. The maximum atomic E-state index is 3.48. The van der Waals surface area contributed by atoms with E-state index in [4.69, 9.17) is 0 Å². The van der Waals surface area contributed by atoms with Gasteiger partial charge in [0.25, 0.3) is 0 Å². The van der Waals surface area contributed by atoms with E-state index in [9.17, 15) is 0 Å². The molecule has 0 radical (unpaired) electrons. The Morgan fingerprint density at radius 1 is 1.18 bits per heavy atom. The highest BCUT2D eigenvalue weighted by atomic mass is 79.9. The first-order chi connectivity index (χ1) is 5.15. The molecule has 1 N–H and O–H groups in total. The Kier molecular flexibility index (Phi) is 2.55. The van der Waals surface area contributed by atoms with Crippen LogP contribution in [-0.2, 0) is 0 Å². The molecule has 0 bridgehead atoms. The van der Waals surface area contributed by atoms with Crippen molar-refractivity contribution in [3.8, 4) is 0 Å². The van der Waals surface area contributed by atoms with Crippen molar-refractivity contribution in [2.45, 2.75) is 13.8 Å². The van der Waals surface area contributed by atoms with Gasteiger partial charge in [0.1, 0.15) is 0 Å². The van der Waals surface area contributed by atoms with Crippen molar-refractivity contribution in [1.82, 2.24) is 0 Å². The van der Waals surface area contributed by atoms with Gasteiger partial charge in [-0.15, -0.1) is 0 Å². The van der Waals surface area contributed by atoms with Gasteiger partial charge in [-0.25, -0.2) is 0 Å². The van der Waals surface area contributed by atoms with Gasteiger partial charge in [0, 0.05) is 17.2 Å². The molecule has 0 spiro atoms. The van der Waals surface area contributed by atoms with Crippen molar-refractivity contribution in [3.05, 3.63) is 27.7 Å². The first kappa shape index (κ1) is 8.60. The van der Waals surface area contributed by atoms with Gasteiger partial charge in [-0.3, -0.25) is 0 Å². The molecule has 11 heavy (non-hydrogen) atoms. The Bertz CT molecular complexity index is 269. The van der Waals surface area contributed by atoms with Crippen LogP contribution in [0.15, 0.2) is 16.6 Å². The predicted octanol–water partition coefficient (Wildman–Crippen LogP) is 3.11. The second kappa shape index (κ2) is 3.26. The standard InChI is InChI=1S/C9H12BrN/c1-6-4-7(2)9(11-3)5-8(6)10/h4-5,11H,1-3H3. The van der Waals surface area contributed by atoms with E-state index in [0.29, 0.717) is 0 Å². The van der Waals surface area contributed by atoms with E-state index < -0.39 is 0 Å². The number of halogens is 1. The highest BCUT2D eigenvalue weighted by molar-refractivity contribution is 9.10. The fraction of sp³-hybridized carbons (Fsp3) is 0.333. The van der Waals surface area contributed by atoms with Crippen LogP contribution in [0.2, 0.25) is 0 Å². The monoisotopic (exact) mass is 213 g/mol. The molecule has 0 aliphatic carbocycles. The fourth-order valence-electron chi connectivity index (χ4n) is 1.10. The van der Waals surface area contributed by atoms with Crippen LogP contribution >= 0.6 is 15.9 Å². The summed E-state index contributed by atoms with van der Waals surface area (Å²) in [5.74, 6) is 0. The molecular weight excluding hydrogens is 202 g/mol. The van der Waals surface area contributed by atoms with Gasteiger partial charge in [-0.05, 0) is 31.0 Å². The zero-order valence-electron chi connectivity index (χ0n) is 7.03. The minimum Gasteiger partial charge on any atom is -0.388 e. The highest BCUT2D eigenvalue weighted by Crippen LogP contribution is 2.23. The molecule has 1 nitrogen and oxygen atoms in total. The average Bonchev–Trinajstić information content (AvgIpc) is 1.97. The molecule has 0 unspecified atom stereocenters. The van der Waals surface area contributed by atoms with Crippen LogP contribution in [0.1, 0.15) is 11.1 Å². The molecular formula is C9H12BrN. The third-order valence-electron chi connectivity index (χ3n) is 1.77. The van der Waals surface area contributed by atoms with E-state index >= 15 is 0 Å². The SMILES string of the molecule is CNc1cc(Br)c(C)cc1C. The lowest BCUT2D eigenvalue weighted by Gasteiger charge is -2.07. The van der Waals surface area contributed by atoms with E-state index in [2.05, 4.69) is 47.2 Å². The third-order valence-corrected chi connectivity index (χ3v) is 2.63. The first-order valence-corrected chi connectivity index (χ1v) is 4.39. The molecule has 2 heteroatoms. The number of rotatable bonds is 1. The molecule has 0 aliphatic heterocycles. The van der Waals surface area contributed by atoms with Crippen molar-refractivity contribution < 1.29 is 0 Å². The molecule has 1 rings (SSSR count). The van der Waals surface area contributed by atoms with Gasteiger partial charge < -0.3 is 5.32 Å². The Balaban J connectivity index is 3.21. The zero-order valence-corrected chi connectivity index (χ0v) is 8.62. The summed E-state index contributed by atoms with van der Waals surface area (Å²) < 4.78 is 1.16. The minimum absolute atomic E-state index is 1.16. The number of nitrogens with one attached hydrogen (secondary N) is 1. The lowest BCUT2D eigenvalue weighted by molar-refractivity contribution is 1.33. The van der Waals surface area contributed by atoms with Crippen molar-refractivity contribution in [1.29, 1.82) is 0 Å². The fourth-order valence-corrected chi connectivity index (χ4v) is 1.44. The van der Waals surface area contributed by atoms with Crippen LogP contribution in [-0.4, -0.2) is 7.05 Å². The van der Waals surface area contributed by atoms with Crippen molar-refractivity contribution in [3.63, 3.8) is 0 Å². The summed E-state index contributed by atoms with van der Waals surface area (Å²) in [5, 5.41) is 3.13. The summed E-state index contributed by atoms with van der Waals surface area (Å²) in [6, 6.07) is 4.26. The van der Waals surface area contributed by atoms with Gasteiger partial charge in [0.05, 0.1) is 0 Å². The van der Waals surface area contributed by atoms with Gasteiger partial charge in [0.15, 0.2) is 0 Å². The molecule has 0 fully saturated rings. The van der Waals surface area contributed by atoms with Crippen LogP contribution in [0.4, 0.5) is 5.69 Å². The Morgan fingerprint density at radius 3 is 2.36 bits per heavy atom. The molecule has 0 aromatic heterocycles. The number of hydrogen-bond acceptors (Lipinski definition) is 1. The maximum absolute atomic E-state index is 3.48. The van der Waals surface area contributed by atoms with E-state index in [1.807, 2.05) is 7.05 Å². The Labute approximate surface area is 75.9 Å². The highest BCUT2D eigenvalue weighted by Gasteiger charge is 1.99. The predicted molar refractivity (Wildman–Crippen MR) is 53.2 cm³/mol. The maximum Gasteiger partial charge on any atom is 0.0378 e. The quantitative estimate of drug-likeness (QED) is 0.757. The van der Waals surface area contributed by atoms with Gasteiger partial charge in [0.2, 0.25) is 0 Å². The molecule has 0 amide bonds. The molecule has 0 aliphatic rings. The van der Waals surface area contributed by atoms with Crippen molar-refractivity contribution in [2.24, 2.45) is 0 Å². The minimum atomic E-state index is 1.16. The van der Waals surface area contributed by atoms with E-state index in [1.165, 1.54) is 16.8 Å². The Hall–Kier alpha value is -0.500. The average molecular weight is 214 g/mol. The van der Waals surface area contributed by atoms with Crippen LogP contribution in [0.3, 0.4) is 0 Å². The summed E-state index contributed by atoms with van der Waals surface area (Å²) in [6.07, 6.45) is 0. The molecule has 0 saturated carbocycles. The summed E-state index contributed by atoms with van der Waals surface area (Å²) in [6.45, 7) is 4.20. The largest absolute Gasteiger partial charge is 0.388 e. The molecule has 0 saturated heterocycles. The van der Waals surface area contributed by atoms with Crippen LogP contribution in [0.5, 0.6) is 0 Å². The van der Waals surface area contributed by atoms with Crippen LogP contribution in [0.25, 0.3) is 0 Å². The second-order valence-electron chi connectivity index (χ2n) is 2.67. The van der Waals surface area contributed by atoms with Crippen molar-refractivity contribution in [2.75, 3.05) is 12.4 Å². The number of benzene rings is 1. The summed E-state index contributed by atoms with van der Waals surface area (Å²) in [4.78, 5) is 0. The topological polar surface area (TPSA) is 12.0 Å². The van der Waals surface area contributed by atoms with E-state index in [1.54, 1.807) is 0 Å². The molecule has 0 heterocycles. The molecule has 1 aromatic rings. The third kappa shape index (κ3) is 1.74. The molecule has 0 atom stereocenters. The van der Waals surface area contributed by atoms with Gasteiger partial charge in [-0.1, -0.05) is 22.0 Å². The molecule has 60 valence electrons.